The van der Waals surface area contributed by atoms with Gasteiger partial charge in [0.25, 0.3) is 0 Å². The zero-order valence-electron chi connectivity index (χ0n) is 16.6. The van der Waals surface area contributed by atoms with E-state index in [9.17, 15) is 5.11 Å². The number of fused-ring (bicyclic) bond motifs is 1. The lowest BCUT2D eigenvalue weighted by molar-refractivity contribution is 0.274. The molecule has 0 aliphatic carbocycles. The molecular weight excluding hydrogens is 374 g/mol. The van der Waals surface area contributed by atoms with Gasteiger partial charge in [-0.25, -0.2) is 0 Å². The van der Waals surface area contributed by atoms with E-state index in [-0.39, 0.29) is 6.61 Å². The summed E-state index contributed by atoms with van der Waals surface area (Å²) in [6, 6.07) is 26.1. The third-order valence-corrected chi connectivity index (χ3v) is 5.37. The summed E-state index contributed by atoms with van der Waals surface area (Å²) in [6.45, 7) is -0.0874. The van der Waals surface area contributed by atoms with Crippen LogP contribution in [0.15, 0.2) is 89.5 Å². The van der Waals surface area contributed by atoms with Gasteiger partial charge in [0.05, 0.1) is 13.7 Å². The van der Waals surface area contributed by atoms with Crippen LogP contribution in [-0.4, -0.2) is 17.2 Å². The first-order valence-electron chi connectivity index (χ1n) is 9.83. The van der Waals surface area contributed by atoms with Gasteiger partial charge in [-0.3, -0.25) is 0 Å². The van der Waals surface area contributed by atoms with E-state index in [1.807, 2.05) is 79.0 Å². The fourth-order valence-electron chi connectivity index (χ4n) is 3.95. The lowest BCUT2D eigenvalue weighted by Crippen LogP contribution is -1.93. The van der Waals surface area contributed by atoms with Crippen LogP contribution in [0, 0.1) is 0 Å². The minimum absolute atomic E-state index is 0.0874. The lowest BCUT2D eigenvalue weighted by Gasteiger charge is -2.10. The molecule has 5 aromatic rings. The molecule has 2 aromatic heterocycles. The van der Waals surface area contributed by atoms with Gasteiger partial charge >= 0.3 is 0 Å². The zero-order valence-corrected chi connectivity index (χ0v) is 16.6. The Kier molecular flexibility index (Phi) is 4.62. The van der Waals surface area contributed by atoms with E-state index < -0.39 is 0 Å². The standard InChI is InChI=1S/C26H21NO3/c1-29-26-19(16-28)12-13-22-24(26)21(15-27-22)20-14-23(17-8-4-2-5-9-17)30-25(20)18-10-6-3-7-11-18/h2-15,27-28H,16H2,1H3. The highest BCUT2D eigenvalue weighted by Crippen LogP contribution is 2.44. The maximum absolute atomic E-state index is 9.78. The molecule has 0 bridgehead atoms. The number of hydrogen-bond donors (Lipinski definition) is 2. The first kappa shape index (κ1) is 18.3. The molecule has 148 valence electrons. The van der Waals surface area contributed by atoms with Crippen molar-refractivity contribution in [1.29, 1.82) is 0 Å². The number of aliphatic hydroxyl groups is 1. The summed E-state index contributed by atoms with van der Waals surface area (Å²) in [5, 5.41) is 10.7. The summed E-state index contributed by atoms with van der Waals surface area (Å²) in [6.07, 6.45) is 1.97. The summed E-state index contributed by atoms with van der Waals surface area (Å²) in [5.74, 6) is 2.27. The quantitative estimate of drug-likeness (QED) is 0.369. The summed E-state index contributed by atoms with van der Waals surface area (Å²) in [7, 11) is 1.63. The monoisotopic (exact) mass is 395 g/mol. The first-order chi connectivity index (χ1) is 14.8. The van der Waals surface area contributed by atoms with Gasteiger partial charge in [0, 0.05) is 44.9 Å². The number of aromatic amines is 1. The molecular formula is C26H21NO3. The van der Waals surface area contributed by atoms with Crippen molar-refractivity contribution in [3.63, 3.8) is 0 Å². The van der Waals surface area contributed by atoms with Gasteiger partial charge in [-0.2, -0.15) is 0 Å². The number of furan rings is 1. The van der Waals surface area contributed by atoms with Crippen molar-refractivity contribution in [3.8, 4) is 39.5 Å². The largest absolute Gasteiger partial charge is 0.496 e. The molecule has 0 spiro atoms. The van der Waals surface area contributed by atoms with Crippen LogP contribution in [0.4, 0.5) is 0 Å². The van der Waals surface area contributed by atoms with Crippen LogP contribution in [0.5, 0.6) is 5.75 Å². The van der Waals surface area contributed by atoms with E-state index in [0.717, 1.165) is 50.2 Å². The number of aromatic nitrogens is 1. The Hall–Kier alpha value is -3.76. The van der Waals surface area contributed by atoms with Gasteiger partial charge < -0.3 is 19.2 Å². The molecule has 0 fully saturated rings. The van der Waals surface area contributed by atoms with E-state index in [0.29, 0.717) is 5.75 Å². The van der Waals surface area contributed by atoms with E-state index >= 15 is 0 Å². The molecule has 3 aromatic carbocycles. The second kappa shape index (κ2) is 7.58. The van der Waals surface area contributed by atoms with Crippen LogP contribution < -0.4 is 4.74 Å². The molecule has 2 heterocycles. The Morgan fingerprint density at radius 3 is 2.23 bits per heavy atom. The fraction of sp³-hybridized carbons (Fsp3) is 0.0769. The van der Waals surface area contributed by atoms with Crippen molar-refractivity contribution in [3.05, 3.63) is 90.6 Å². The molecule has 2 N–H and O–H groups in total. The molecule has 0 saturated carbocycles. The van der Waals surface area contributed by atoms with E-state index in [4.69, 9.17) is 9.15 Å². The van der Waals surface area contributed by atoms with Crippen molar-refractivity contribution < 1.29 is 14.3 Å². The Morgan fingerprint density at radius 1 is 0.867 bits per heavy atom. The fourth-order valence-corrected chi connectivity index (χ4v) is 3.95. The third-order valence-electron chi connectivity index (χ3n) is 5.37. The lowest BCUT2D eigenvalue weighted by atomic mass is 9.99. The maximum Gasteiger partial charge on any atom is 0.142 e. The molecule has 0 saturated heterocycles. The van der Waals surface area contributed by atoms with Crippen molar-refractivity contribution in [2.75, 3.05) is 7.11 Å². The molecule has 0 aliphatic rings. The predicted molar refractivity (Wildman–Crippen MR) is 119 cm³/mol. The number of rotatable bonds is 5. The molecule has 0 amide bonds. The Morgan fingerprint density at radius 2 is 1.57 bits per heavy atom. The van der Waals surface area contributed by atoms with Gasteiger partial charge in [-0.15, -0.1) is 0 Å². The van der Waals surface area contributed by atoms with Crippen LogP contribution in [0.1, 0.15) is 5.56 Å². The van der Waals surface area contributed by atoms with E-state index in [1.54, 1.807) is 7.11 Å². The zero-order chi connectivity index (χ0) is 20.5. The Labute approximate surface area is 174 Å². The van der Waals surface area contributed by atoms with Gasteiger partial charge in [0.2, 0.25) is 0 Å². The number of H-pyrrole nitrogens is 1. The molecule has 30 heavy (non-hydrogen) atoms. The average molecular weight is 395 g/mol. The van der Waals surface area contributed by atoms with E-state index in [1.165, 1.54) is 0 Å². The van der Waals surface area contributed by atoms with Gasteiger partial charge in [0.15, 0.2) is 0 Å². The summed E-state index contributed by atoms with van der Waals surface area (Å²) in [5.41, 5.74) is 5.66. The number of methoxy groups -OCH3 is 1. The minimum Gasteiger partial charge on any atom is -0.496 e. The van der Waals surface area contributed by atoms with Gasteiger partial charge in [-0.05, 0) is 12.1 Å². The van der Waals surface area contributed by atoms with Crippen molar-refractivity contribution in [2.24, 2.45) is 0 Å². The Balaban J connectivity index is 1.80. The van der Waals surface area contributed by atoms with Crippen molar-refractivity contribution in [1.82, 2.24) is 4.98 Å². The number of aliphatic hydroxyl groups excluding tert-OH is 1. The maximum atomic E-state index is 9.78. The minimum atomic E-state index is -0.0874. The average Bonchev–Trinajstić information content (AvgIpc) is 3.44. The van der Waals surface area contributed by atoms with Crippen LogP contribution in [-0.2, 0) is 6.61 Å². The van der Waals surface area contributed by atoms with Crippen LogP contribution in [0.2, 0.25) is 0 Å². The normalized spacial score (nSPS) is 11.1. The molecule has 0 unspecified atom stereocenters. The molecule has 0 atom stereocenters. The first-order valence-corrected chi connectivity index (χ1v) is 9.83. The van der Waals surface area contributed by atoms with E-state index in [2.05, 4.69) is 11.1 Å². The third kappa shape index (κ3) is 2.98. The molecule has 0 radical (unpaired) electrons. The number of benzene rings is 3. The summed E-state index contributed by atoms with van der Waals surface area (Å²) < 4.78 is 12.1. The smallest absolute Gasteiger partial charge is 0.142 e. The molecule has 4 heteroatoms. The molecule has 4 nitrogen and oxygen atoms in total. The Bertz CT molecular complexity index is 1300. The second-order valence-electron chi connectivity index (χ2n) is 7.13. The number of ether oxygens (including phenoxy) is 1. The van der Waals surface area contributed by atoms with Crippen molar-refractivity contribution in [2.45, 2.75) is 6.61 Å². The molecule has 0 aliphatic heterocycles. The topological polar surface area (TPSA) is 58.4 Å². The highest BCUT2D eigenvalue weighted by Gasteiger charge is 2.21. The number of hydrogen-bond acceptors (Lipinski definition) is 3. The van der Waals surface area contributed by atoms with Crippen LogP contribution >= 0.6 is 0 Å². The number of nitrogens with one attached hydrogen (secondary N) is 1. The predicted octanol–water partition coefficient (Wildman–Crippen LogP) is 6.26. The highest BCUT2D eigenvalue weighted by molar-refractivity contribution is 6.03. The summed E-state index contributed by atoms with van der Waals surface area (Å²) >= 11 is 0. The van der Waals surface area contributed by atoms with Gasteiger partial charge in [0.1, 0.15) is 17.3 Å². The van der Waals surface area contributed by atoms with Crippen molar-refractivity contribution >= 4 is 10.9 Å². The van der Waals surface area contributed by atoms with Crippen LogP contribution in [0.25, 0.3) is 44.7 Å². The second-order valence-corrected chi connectivity index (χ2v) is 7.13. The molecule has 5 rings (SSSR count). The van der Waals surface area contributed by atoms with Gasteiger partial charge in [-0.1, -0.05) is 66.7 Å². The SMILES string of the molecule is COc1c(CO)ccc2[nH]cc(-c3cc(-c4ccccc4)oc3-c3ccccc3)c12. The summed E-state index contributed by atoms with van der Waals surface area (Å²) in [4.78, 5) is 3.34. The highest BCUT2D eigenvalue weighted by atomic mass is 16.5. The van der Waals surface area contributed by atoms with Crippen LogP contribution in [0.3, 0.4) is 0 Å².